The fourth-order valence-corrected chi connectivity index (χ4v) is 2.47. The molecule has 3 N–H and O–H groups in total. The molecule has 0 aliphatic heterocycles. The van der Waals surface area contributed by atoms with Crippen molar-refractivity contribution in [2.24, 2.45) is 17.9 Å². The minimum Gasteiger partial charge on any atom is -0.409 e. The van der Waals surface area contributed by atoms with Gasteiger partial charge in [-0.25, -0.2) is 0 Å². The number of hydrogen-bond acceptors (Lipinski definition) is 4. The van der Waals surface area contributed by atoms with Crippen molar-refractivity contribution in [3.05, 3.63) is 41.6 Å². The lowest BCUT2D eigenvalue weighted by Crippen LogP contribution is -2.12. The Balaban J connectivity index is 2.18. The maximum atomic E-state index is 8.58. The zero-order chi connectivity index (χ0) is 13.1. The van der Waals surface area contributed by atoms with E-state index in [4.69, 9.17) is 10.9 Å². The van der Waals surface area contributed by atoms with Crippen LogP contribution in [0.1, 0.15) is 11.3 Å². The van der Waals surface area contributed by atoms with Gasteiger partial charge < -0.3 is 10.9 Å². The molecule has 5 nitrogen and oxygen atoms in total. The van der Waals surface area contributed by atoms with E-state index in [1.54, 1.807) is 11.8 Å². The predicted octanol–water partition coefficient (Wildman–Crippen LogP) is 1.97. The maximum Gasteiger partial charge on any atom is 0.170 e. The summed E-state index contributed by atoms with van der Waals surface area (Å²) in [5, 5.41) is 16.9. The SMILES string of the molecule is Cc1cc(Sc2ccc(C(N)=NO)cc2)n(C)n1. The molecule has 18 heavy (non-hydrogen) atoms. The van der Waals surface area contributed by atoms with Gasteiger partial charge in [0.2, 0.25) is 0 Å². The fraction of sp³-hybridized carbons (Fsp3) is 0.167. The molecule has 0 atom stereocenters. The Hall–Kier alpha value is -1.95. The van der Waals surface area contributed by atoms with Crippen molar-refractivity contribution >= 4 is 17.6 Å². The molecule has 0 spiro atoms. The number of amidine groups is 1. The summed E-state index contributed by atoms with van der Waals surface area (Å²) in [4.78, 5) is 1.08. The zero-order valence-electron chi connectivity index (χ0n) is 10.2. The highest BCUT2D eigenvalue weighted by molar-refractivity contribution is 7.99. The van der Waals surface area contributed by atoms with E-state index in [-0.39, 0.29) is 5.84 Å². The van der Waals surface area contributed by atoms with Gasteiger partial charge in [0.25, 0.3) is 0 Å². The third kappa shape index (κ3) is 2.65. The molecule has 0 saturated carbocycles. The quantitative estimate of drug-likeness (QED) is 0.384. The smallest absolute Gasteiger partial charge is 0.170 e. The molecule has 1 aromatic carbocycles. The van der Waals surface area contributed by atoms with Crippen LogP contribution in [0.15, 0.2) is 45.4 Å². The number of rotatable bonds is 3. The summed E-state index contributed by atoms with van der Waals surface area (Å²) < 4.78 is 1.84. The average Bonchev–Trinajstić information content (AvgIpc) is 2.68. The lowest BCUT2D eigenvalue weighted by molar-refractivity contribution is 0.318. The minimum atomic E-state index is 0.114. The van der Waals surface area contributed by atoms with Crippen LogP contribution in [0.3, 0.4) is 0 Å². The average molecular weight is 262 g/mol. The van der Waals surface area contributed by atoms with Gasteiger partial charge >= 0.3 is 0 Å². The van der Waals surface area contributed by atoms with Gasteiger partial charge in [0.05, 0.1) is 10.7 Å². The summed E-state index contributed by atoms with van der Waals surface area (Å²) >= 11 is 1.62. The number of aromatic nitrogens is 2. The van der Waals surface area contributed by atoms with E-state index in [2.05, 4.69) is 10.3 Å². The monoisotopic (exact) mass is 262 g/mol. The van der Waals surface area contributed by atoms with Crippen LogP contribution in [0.2, 0.25) is 0 Å². The molecular formula is C12H14N4OS. The molecule has 0 aliphatic carbocycles. The molecule has 0 amide bonds. The Morgan fingerprint density at radius 2 is 2.06 bits per heavy atom. The van der Waals surface area contributed by atoms with Crippen molar-refractivity contribution < 1.29 is 5.21 Å². The highest BCUT2D eigenvalue weighted by atomic mass is 32.2. The number of nitrogens with two attached hydrogens (primary N) is 1. The van der Waals surface area contributed by atoms with Crippen molar-refractivity contribution in [3.63, 3.8) is 0 Å². The molecule has 0 unspecified atom stereocenters. The first-order valence-corrected chi connectivity index (χ1v) is 6.18. The maximum absolute atomic E-state index is 8.58. The van der Waals surface area contributed by atoms with Gasteiger partial charge in [-0.1, -0.05) is 29.1 Å². The normalized spacial score (nSPS) is 11.8. The molecule has 2 rings (SSSR count). The second-order valence-electron chi connectivity index (χ2n) is 3.86. The minimum absolute atomic E-state index is 0.114. The highest BCUT2D eigenvalue weighted by Crippen LogP contribution is 2.27. The molecule has 1 aromatic heterocycles. The van der Waals surface area contributed by atoms with Crippen LogP contribution >= 0.6 is 11.8 Å². The topological polar surface area (TPSA) is 76.4 Å². The summed E-state index contributed by atoms with van der Waals surface area (Å²) in [6.07, 6.45) is 0. The van der Waals surface area contributed by atoms with Crippen LogP contribution in [0.5, 0.6) is 0 Å². The van der Waals surface area contributed by atoms with Crippen LogP contribution in [0.4, 0.5) is 0 Å². The molecule has 0 radical (unpaired) electrons. The summed E-state index contributed by atoms with van der Waals surface area (Å²) in [6.45, 7) is 1.96. The number of nitrogens with zero attached hydrogens (tertiary/aromatic N) is 3. The van der Waals surface area contributed by atoms with Gasteiger partial charge in [-0.3, -0.25) is 4.68 Å². The van der Waals surface area contributed by atoms with E-state index in [1.807, 2.05) is 49.0 Å². The van der Waals surface area contributed by atoms with Gasteiger partial charge in [-0.05, 0) is 25.1 Å². The first-order valence-electron chi connectivity index (χ1n) is 5.36. The van der Waals surface area contributed by atoms with E-state index >= 15 is 0 Å². The Bertz CT molecular complexity index is 574. The summed E-state index contributed by atoms with van der Waals surface area (Å²) in [6, 6.07) is 9.53. The summed E-state index contributed by atoms with van der Waals surface area (Å²) in [7, 11) is 1.92. The number of benzene rings is 1. The first kappa shape index (κ1) is 12.5. The predicted molar refractivity (Wildman–Crippen MR) is 71.0 cm³/mol. The molecule has 0 fully saturated rings. The number of hydrogen-bond donors (Lipinski definition) is 2. The first-order chi connectivity index (χ1) is 8.60. The molecule has 0 bridgehead atoms. The van der Waals surface area contributed by atoms with Crippen LogP contribution < -0.4 is 5.73 Å². The summed E-state index contributed by atoms with van der Waals surface area (Å²) in [5.74, 6) is 0.114. The van der Waals surface area contributed by atoms with Gasteiger partial charge in [-0.15, -0.1) is 0 Å². The van der Waals surface area contributed by atoms with Crippen LogP contribution in [-0.2, 0) is 7.05 Å². The second kappa shape index (κ2) is 5.14. The van der Waals surface area contributed by atoms with E-state index in [0.717, 1.165) is 15.6 Å². The molecule has 6 heteroatoms. The summed E-state index contributed by atoms with van der Waals surface area (Å²) in [5.41, 5.74) is 7.19. The standard InChI is InChI=1S/C12H14N4OS/c1-8-7-11(16(2)14-8)18-10-5-3-9(4-6-10)12(13)15-17/h3-7,17H,1-2H3,(H2,13,15). The van der Waals surface area contributed by atoms with E-state index < -0.39 is 0 Å². The Morgan fingerprint density at radius 3 is 2.56 bits per heavy atom. The van der Waals surface area contributed by atoms with Gasteiger partial charge in [0.1, 0.15) is 0 Å². The Labute approximate surface area is 109 Å². The molecule has 2 aromatic rings. The van der Waals surface area contributed by atoms with E-state index in [1.165, 1.54) is 0 Å². The second-order valence-corrected chi connectivity index (χ2v) is 4.95. The van der Waals surface area contributed by atoms with E-state index in [9.17, 15) is 0 Å². The number of aryl methyl sites for hydroxylation is 2. The van der Waals surface area contributed by atoms with Crippen molar-refractivity contribution in [1.29, 1.82) is 0 Å². The van der Waals surface area contributed by atoms with Crippen LogP contribution in [0.25, 0.3) is 0 Å². The molecule has 0 saturated heterocycles. The van der Waals surface area contributed by atoms with Gasteiger partial charge in [0, 0.05) is 17.5 Å². The van der Waals surface area contributed by atoms with E-state index in [0.29, 0.717) is 5.56 Å². The van der Waals surface area contributed by atoms with Crippen LogP contribution in [0, 0.1) is 6.92 Å². The Morgan fingerprint density at radius 1 is 1.39 bits per heavy atom. The van der Waals surface area contributed by atoms with Crippen molar-refractivity contribution in [2.45, 2.75) is 16.8 Å². The molecule has 94 valence electrons. The Kier molecular flexibility index (Phi) is 3.57. The van der Waals surface area contributed by atoms with Crippen LogP contribution in [-0.4, -0.2) is 20.8 Å². The van der Waals surface area contributed by atoms with Gasteiger partial charge in [-0.2, -0.15) is 5.10 Å². The number of oxime groups is 1. The van der Waals surface area contributed by atoms with Gasteiger partial charge in [0.15, 0.2) is 5.84 Å². The molecule has 0 aliphatic rings. The fourth-order valence-electron chi connectivity index (χ4n) is 1.55. The lowest BCUT2D eigenvalue weighted by Gasteiger charge is -2.03. The molecular weight excluding hydrogens is 248 g/mol. The van der Waals surface area contributed by atoms with Crippen molar-refractivity contribution in [1.82, 2.24) is 9.78 Å². The third-order valence-corrected chi connectivity index (χ3v) is 3.54. The lowest BCUT2D eigenvalue weighted by atomic mass is 10.2. The highest BCUT2D eigenvalue weighted by Gasteiger charge is 2.05. The third-order valence-electron chi connectivity index (χ3n) is 2.44. The largest absolute Gasteiger partial charge is 0.409 e. The van der Waals surface area contributed by atoms with Crippen molar-refractivity contribution in [3.8, 4) is 0 Å². The zero-order valence-corrected chi connectivity index (χ0v) is 11.0. The van der Waals surface area contributed by atoms with Crippen molar-refractivity contribution in [2.75, 3.05) is 0 Å². The molecule has 1 heterocycles.